The van der Waals surface area contributed by atoms with E-state index < -0.39 is 6.10 Å². The van der Waals surface area contributed by atoms with Crippen molar-refractivity contribution in [1.29, 1.82) is 0 Å². The number of rotatable bonds is 8. The quantitative estimate of drug-likeness (QED) is 0.677. The second-order valence-corrected chi connectivity index (χ2v) is 9.99. The van der Waals surface area contributed by atoms with Crippen LogP contribution in [0.1, 0.15) is 45.6 Å². The van der Waals surface area contributed by atoms with Crippen LogP contribution in [-0.4, -0.2) is 66.4 Å². The molecule has 4 nitrogen and oxygen atoms in total. The average Bonchev–Trinajstić information content (AvgIpc) is 2.69. The third-order valence-corrected chi connectivity index (χ3v) is 6.97. The maximum absolute atomic E-state index is 10.6. The van der Waals surface area contributed by atoms with Gasteiger partial charge in [0.1, 0.15) is 0 Å². The summed E-state index contributed by atoms with van der Waals surface area (Å²) >= 11 is 5.97. The molecule has 1 saturated carbocycles. The predicted molar refractivity (Wildman–Crippen MR) is 120 cm³/mol. The lowest BCUT2D eigenvalue weighted by Gasteiger charge is -2.38. The van der Waals surface area contributed by atoms with Gasteiger partial charge in [0, 0.05) is 44.3 Å². The SMILES string of the molecule is CC(C)[C@@H]1CC[C@H](C)C[C@H]1OC[C@H](O)CN1CCN(Cc2ccc(Cl)cc2)CC1. The summed E-state index contributed by atoms with van der Waals surface area (Å²) in [5.41, 5.74) is 1.30. The topological polar surface area (TPSA) is 35.9 Å². The Bertz CT molecular complexity index is 601. The molecule has 2 aliphatic rings. The largest absolute Gasteiger partial charge is 0.389 e. The lowest BCUT2D eigenvalue weighted by molar-refractivity contribution is -0.0755. The minimum absolute atomic E-state index is 0.310. The first kappa shape index (κ1) is 23.0. The summed E-state index contributed by atoms with van der Waals surface area (Å²) in [6.45, 7) is 13.1. The Morgan fingerprint density at radius 2 is 1.72 bits per heavy atom. The molecule has 0 aromatic heterocycles. The normalized spacial score (nSPS) is 28.0. The van der Waals surface area contributed by atoms with E-state index in [4.69, 9.17) is 16.3 Å². The van der Waals surface area contributed by atoms with Crippen molar-refractivity contribution in [2.75, 3.05) is 39.3 Å². The number of nitrogens with zero attached hydrogens (tertiary/aromatic N) is 2. The van der Waals surface area contributed by atoms with E-state index in [1.165, 1.54) is 18.4 Å². The van der Waals surface area contributed by atoms with Crippen LogP contribution in [0.2, 0.25) is 5.02 Å². The molecule has 0 spiro atoms. The zero-order valence-corrected chi connectivity index (χ0v) is 19.2. The Balaban J connectivity index is 1.37. The van der Waals surface area contributed by atoms with E-state index >= 15 is 0 Å². The highest BCUT2D eigenvalue weighted by Gasteiger charge is 2.32. The lowest BCUT2D eigenvalue weighted by Crippen LogP contribution is -2.49. The van der Waals surface area contributed by atoms with E-state index in [1.54, 1.807) is 0 Å². The smallest absolute Gasteiger partial charge is 0.0900 e. The van der Waals surface area contributed by atoms with Crippen LogP contribution in [0.5, 0.6) is 0 Å². The Labute approximate surface area is 182 Å². The van der Waals surface area contributed by atoms with Crippen molar-refractivity contribution in [1.82, 2.24) is 9.80 Å². The fourth-order valence-electron chi connectivity index (χ4n) is 4.87. The molecule has 0 radical (unpaired) electrons. The number of aliphatic hydroxyl groups excluding tert-OH is 1. The maximum Gasteiger partial charge on any atom is 0.0900 e. The molecule has 4 atom stereocenters. The number of hydrogen-bond acceptors (Lipinski definition) is 4. The van der Waals surface area contributed by atoms with Crippen LogP contribution in [0.15, 0.2) is 24.3 Å². The molecule has 0 bridgehead atoms. The molecule has 1 saturated heterocycles. The van der Waals surface area contributed by atoms with Gasteiger partial charge in [0.05, 0.1) is 18.8 Å². The molecule has 0 amide bonds. The lowest BCUT2D eigenvalue weighted by atomic mass is 9.75. The number of aliphatic hydroxyl groups is 1. The molecule has 2 fully saturated rings. The molecule has 29 heavy (non-hydrogen) atoms. The van der Waals surface area contributed by atoms with Crippen LogP contribution < -0.4 is 0 Å². The van der Waals surface area contributed by atoms with E-state index in [0.717, 1.165) is 50.1 Å². The number of hydrogen-bond donors (Lipinski definition) is 1. The van der Waals surface area contributed by atoms with E-state index in [0.29, 0.717) is 31.1 Å². The van der Waals surface area contributed by atoms with Gasteiger partial charge in [-0.15, -0.1) is 0 Å². The Hall–Kier alpha value is -0.650. The van der Waals surface area contributed by atoms with Crippen molar-refractivity contribution in [2.45, 2.75) is 58.8 Å². The summed E-state index contributed by atoms with van der Waals surface area (Å²) < 4.78 is 6.24. The maximum atomic E-state index is 10.6. The van der Waals surface area contributed by atoms with Crippen molar-refractivity contribution in [3.63, 3.8) is 0 Å². The van der Waals surface area contributed by atoms with Gasteiger partial charge in [-0.05, 0) is 48.3 Å². The van der Waals surface area contributed by atoms with E-state index in [9.17, 15) is 5.11 Å². The predicted octanol–water partition coefficient (Wildman–Crippen LogP) is 4.30. The minimum atomic E-state index is -0.400. The van der Waals surface area contributed by atoms with Gasteiger partial charge in [0.2, 0.25) is 0 Å². The van der Waals surface area contributed by atoms with Gasteiger partial charge in [-0.2, -0.15) is 0 Å². The summed E-state index contributed by atoms with van der Waals surface area (Å²) in [6, 6.07) is 8.12. The first-order valence-electron chi connectivity index (χ1n) is 11.4. The Morgan fingerprint density at radius 1 is 1.07 bits per heavy atom. The molecule has 1 heterocycles. The number of β-amino-alcohol motifs (C(OH)–C–C–N with tert-alkyl or cyclic N) is 1. The summed E-state index contributed by atoms with van der Waals surface area (Å²) in [7, 11) is 0. The van der Waals surface area contributed by atoms with Gasteiger partial charge < -0.3 is 9.84 Å². The minimum Gasteiger partial charge on any atom is -0.389 e. The van der Waals surface area contributed by atoms with Crippen molar-refractivity contribution in [2.24, 2.45) is 17.8 Å². The highest BCUT2D eigenvalue weighted by Crippen LogP contribution is 2.35. The van der Waals surface area contributed by atoms with Crippen LogP contribution >= 0.6 is 11.6 Å². The van der Waals surface area contributed by atoms with Crippen molar-refractivity contribution in [3.8, 4) is 0 Å². The van der Waals surface area contributed by atoms with Gasteiger partial charge in [0.15, 0.2) is 0 Å². The second kappa shape index (κ2) is 11.1. The van der Waals surface area contributed by atoms with Gasteiger partial charge in [-0.25, -0.2) is 0 Å². The van der Waals surface area contributed by atoms with Crippen LogP contribution in [0.3, 0.4) is 0 Å². The second-order valence-electron chi connectivity index (χ2n) is 9.55. The van der Waals surface area contributed by atoms with Crippen LogP contribution in [0, 0.1) is 17.8 Å². The molecule has 1 aliphatic carbocycles. The molecule has 1 aromatic carbocycles. The molecule has 164 valence electrons. The number of halogens is 1. The number of ether oxygens (including phenoxy) is 1. The van der Waals surface area contributed by atoms with Crippen LogP contribution in [0.4, 0.5) is 0 Å². The molecule has 1 aromatic rings. The fourth-order valence-corrected chi connectivity index (χ4v) is 5.00. The van der Waals surface area contributed by atoms with E-state index in [2.05, 4.69) is 42.7 Å². The Kier molecular flexibility index (Phi) is 8.82. The fraction of sp³-hybridized carbons (Fsp3) is 0.750. The highest BCUT2D eigenvalue weighted by molar-refractivity contribution is 6.30. The summed E-state index contributed by atoms with van der Waals surface area (Å²) in [4.78, 5) is 4.84. The summed E-state index contributed by atoms with van der Waals surface area (Å²) in [5.74, 6) is 2.02. The molecule has 0 unspecified atom stereocenters. The van der Waals surface area contributed by atoms with E-state index in [1.807, 2.05) is 12.1 Å². The first-order chi connectivity index (χ1) is 13.9. The molecule has 1 aliphatic heterocycles. The first-order valence-corrected chi connectivity index (χ1v) is 11.8. The van der Waals surface area contributed by atoms with Gasteiger partial charge in [0.25, 0.3) is 0 Å². The number of benzene rings is 1. The zero-order valence-electron chi connectivity index (χ0n) is 18.4. The van der Waals surface area contributed by atoms with Gasteiger partial charge in [-0.3, -0.25) is 9.80 Å². The molecule has 3 rings (SSSR count). The molecule has 1 N–H and O–H groups in total. The average molecular weight is 423 g/mol. The standard InChI is InChI=1S/C24H39ClN2O2/c1-18(2)23-9-4-19(3)14-24(23)29-17-22(28)16-27-12-10-26(11-13-27)15-20-5-7-21(25)8-6-20/h5-8,18-19,22-24,28H,4,9-17H2,1-3H3/t19-,22+,23-,24+/m0/s1. The Morgan fingerprint density at radius 3 is 2.38 bits per heavy atom. The van der Waals surface area contributed by atoms with Crippen LogP contribution in [-0.2, 0) is 11.3 Å². The molecular formula is C24H39ClN2O2. The summed E-state index contributed by atoms with van der Waals surface area (Å²) in [5, 5.41) is 11.3. The van der Waals surface area contributed by atoms with E-state index in [-0.39, 0.29) is 0 Å². The monoisotopic (exact) mass is 422 g/mol. The number of piperazine rings is 1. The molecule has 5 heteroatoms. The zero-order chi connectivity index (χ0) is 20.8. The van der Waals surface area contributed by atoms with Crippen molar-refractivity contribution >= 4 is 11.6 Å². The molecular weight excluding hydrogens is 384 g/mol. The summed E-state index contributed by atoms with van der Waals surface area (Å²) in [6.07, 6.45) is 3.62. The van der Waals surface area contributed by atoms with Crippen LogP contribution in [0.25, 0.3) is 0 Å². The van der Waals surface area contributed by atoms with Gasteiger partial charge >= 0.3 is 0 Å². The third-order valence-electron chi connectivity index (χ3n) is 6.72. The highest BCUT2D eigenvalue weighted by atomic mass is 35.5. The van der Waals surface area contributed by atoms with Crippen molar-refractivity contribution in [3.05, 3.63) is 34.9 Å². The van der Waals surface area contributed by atoms with Gasteiger partial charge in [-0.1, -0.05) is 50.9 Å². The van der Waals surface area contributed by atoms with Crippen molar-refractivity contribution < 1.29 is 9.84 Å². The third kappa shape index (κ3) is 7.22.